The predicted molar refractivity (Wildman–Crippen MR) is 91.6 cm³/mol. The molecule has 1 aromatic heterocycles. The Morgan fingerprint density at radius 1 is 1.26 bits per heavy atom. The number of fused-ring (bicyclic) bond motifs is 1. The lowest BCUT2D eigenvalue weighted by atomic mass is 9.94. The zero-order valence-electron chi connectivity index (χ0n) is 13.5. The number of nitrogens with zero attached hydrogens (tertiary/aromatic N) is 1. The molecular formula is C19H23N3O. The minimum absolute atomic E-state index is 0.0334. The van der Waals surface area contributed by atoms with Crippen LogP contribution in [0, 0.1) is 5.92 Å². The Kier molecular flexibility index (Phi) is 3.77. The Bertz CT molecular complexity index is 738. The molecule has 4 rings (SSSR count). The second-order valence-electron chi connectivity index (χ2n) is 6.94. The zero-order valence-corrected chi connectivity index (χ0v) is 13.5. The van der Waals surface area contributed by atoms with Gasteiger partial charge in [-0.1, -0.05) is 25.1 Å². The summed E-state index contributed by atoms with van der Waals surface area (Å²) in [5.74, 6) is 1.09. The number of carbonyl (C=O) groups is 1. The van der Waals surface area contributed by atoms with E-state index in [4.69, 9.17) is 4.98 Å². The van der Waals surface area contributed by atoms with Gasteiger partial charge in [0, 0.05) is 29.6 Å². The Morgan fingerprint density at radius 2 is 2.09 bits per heavy atom. The quantitative estimate of drug-likeness (QED) is 0.916. The van der Waals surface area contributed by atoms with Crippen molar-refractivity contribution >= 4 is 16.8 Å². The third-order valence-electron chi connectivity index (χ3n) is 5.12. The maximum atomic E-state index is 12.9. The predicted octanol–water partition coefficient (Wildman–Crippen LogP) is 2.84. The lowest BCUT2D eigenvalue weighted by Crippen LogP contribution is -2.50. The van der Waals surface area contributed by atoms with Crippen molar-refractivity contribution < 1.29 is 4.79 Å². The van der Waals surface area contributed by atoms with Gasteiger partial charge in [0.15, 0.2) is 0 Å². The Morgan fingerprint density at radius 3 is 2.87 bits per heavy atom. The summed E-state index contributed by atoms with van der Waals surface area (Å²) in [5, 5.41) is 7.56. The average molecular weight is 309 g/mol. The third kappa shape index (κ3) is 2.95. The summed E-state index contributed by atoms with van der Waals surface area (Å²) >= 11 is 0. The molecule has 4 nitrogen and oxygen atoms in total. The van der Waals surface area contributed by atoms with Crippen LogP contribution in [0.25, 0.3) is 10.9 Å². The van der Waals surface area contributed by atoms with Crippen molar-refractivity contribution in [1.29, 1.82) is 0 Å². The van der Waals surface area contributed by atoms with Crippen LogP contribution >= 0.6 is 0 Å². The largest absolute Gasteiger partial charge is 0.348 e. The van der Waals surface area contributed by atoms with Crippen molar-refractivity contribution in [1.82, 2.24) is 15.6 Å². The summed E-state index contributed by atoms with van der Waals surface area (Å²) in [6, 6.07) is 10.2. The zero-order chi connectivity index (χ0) is 15.8. The van der Waals surface area contributed by atoms with Crippen molar-refractivity contribution in [2.24, 2.45) is 5.92 Å². The van der Waals surface area contributed by atoms with Crippen LogP contribution in [0.1, 0.15) is 48.2 Å². The highest BCUT2D eigenvalue weighted by molar-refractivity contribution is 6.06. The van der Waals surface area contributed by atoms with Crippen LogP contribution in [0.5, 0.6) is 0 Å². The number of rotatable bonds is 3. The van der Waals surface area contributed by atoms with E-state index in [9.17, 15) is 4.79 Å². The molecule has 1 aliphatic carbocycles. The molecule has 2 N–H and O–H groups in total. The number of piperidine rings is 1. The number of carbonyl (C=O) groups excluding carboxylic acids is 1. The topological polar surface area (TPSA) is 54.0 Å². The van der Waals surface area contributed by atoms with E-state index in [-0.39, 0.29) is 11.9 Å². The van der Waals surface area contributed by atoms with E-state index in [1.165, 1.54) is 12.8 Å². The molecule has 1 saturated heterocycles. The van der Waals surface area contributed by atoms with Gasteiger partial charge in [0.05, 0.1) is 11.1 Å². The molecule has 2 fully saturated rings. The molecule has 0 spiro atoms. The van der Waals surface area contributed by atoms with Crippen LogP contribution in [0.3, 0.4) is 0 Å². The number of amides is 1. The number of hydrogen-bond donors (Lipinski definition) is 2. The number of para-hydroxylation sites is 1. The van der Waals surface area contributed by atoms with Crippen molar-refractivity contribution in [3.05, 3.63) is 41.6 Å². The Labute approximate surface area is 136 Å². The van der Waals surface area contributed by atoms with Crippen molar-refractivity contribution in [3.8, 4) is 0 Å². The molecule has 2 aliphatic rings. The van der Waals surface area contributed by atoms with Gasteiger partial charge in [-0.15, -0.1) is 0 Å². The van der Waals surface area contributed by atoms with E-state index >= 15 is 0 Å². The van der Waals surface area contributed by atoms with Crippen LogP contribution in [-0.2, 0) is 0 Å². The van der Waals surface area contributed by atoms with Crippen LogP contribution < -0.4 is 10.6 Å². The molecule has 2 heterocycles. The van der Waals surface area contributed by atoms with Crippen LogP contribution in [0.4, 0.5) is 0 Å². The van der Waals surface area contributed by atoms with E-state index in [1.807, 2.05) is 30.3 Å². The number of hydrogen-bond acceptors (Lipinski definition) is 3. The minimum Gasteiger partial charge on any atom is -0.348 e. The number of aromatic nitrogens is 1. The highest BCUT2D eigenvalue weighted by atomic mass is 16.1. The molecule has 1 aliphatic heterocycles. The SMILES string of the molecule is CC1CCNCC1NC(=O)c1cc(C2CC2)nc2ccccc12. The Balaban J connectivity index is 1.67. The van der Waals surface area contributed by atoms with Gasteiger partial charge in [-0.05, 0) is 43.9 Å². The maximum absolute atomic E-state index is 12.9. The normalized spacial score (nSPS) is 24.6. The Hall–Kier alpha value is -1.94. The van der Waals surface area contributed by atoms with Gasteiger partial charge in [-0.25, -0.2) is 0 Å². The van der Waals surface area contributed by atoms with Gasteiger partial charge in [0.1, 0.15) is 0 Å². The molecule has 2 unspecified atom stereocenters. The van der Waals surface area contributed by atoms with Crippen LogP contribution in [-0.4, -0.2) is 30.0 Å². The number of nitrogens with one attached hydrogen (secondary N) is 2. The molecule has 4 heteroatoms. The fraction of sp³-hybridized carbons (Fsp3) is 0.474. The molecule has 1 saturated carbocycles. The van der Waals surface area contributed by atoms with Gasteiger partial charge in [-0.3, -0.25) is 9.78 Å². The first-order valence-corrected chi connectivity index (χ1v) is 8.63. The first-order chi connectivity index (χ1) is 11.2. The van der Waals surface area contributed by atoms with Gasteiger partial charge >= 0.3 is 0 Å². The monoisotopic (exact) mass is 309 g/mol. The van der Waals surface area contributed by atoms with Gasteiger partial charge in [0.25, 0.3) is 5.91 Å². The van der Waals surface area contributed by atoms with E-state index in [0.717, 1.165) is 41.7 Å². The highest BCUT2D eigenvalue weighted by Crippen LogP contribution is 2.40. The van der Waals surface area contributed by atoms with Gasteiger partial charge < -0.3 is 10.6 Å². The molecule has 1 amide bonds. The number of benzene rings is 1. The van der Waals surface area contributed by atoms with Gasteiger partial charge in [0.2, 0.25) is 0 Å². The lowest BCUT2D eigenvalue weighted by Gasteiger charge is -2.30. The second kappa shape index (κ2) is 5.93. The summed E-state index contributed by atoms with van der Waals surface area (Å²) < 4.78 is 0. The third-order valence-corrected chi connectivity index (χ3v) is 5.12. The lowest BCUT2D eigenvalue weighted by molar-refractivity contribution is 0.0917. The molecule has 2 atom stereocenters. The molecular weight excluding hydrogens is 286 g/mol. The van der Waals surface area contributed by atoms with Crippen LogP contribution in [0.2, 0.25) is 0 Å². The van der Waals surface area contributed by atoms with Crippen molar-refractivity contribution in [2.75, 3.05) is 13.1 Å². The summed E-state index contributed by atoms with van der Waals surface area (Å²) in [5.41, 5.74) is 2.77. The first-order valence-electron chi connectivity index (χ1n) is 8.63. The van der Waals surface area contributed by atoms with Crippen LogP contribution in [0.15, 0.2) is 30.3 Å². The van der Waals surface area contributed by atoms with E-state index in [0.29, 0.717) is 11.8 Å². The average Bonchev–Trinajstić information content (AvgIpc) is 3.41. The van der Waals surface area contributed by atoms with Gasteiger partial charge in [-0.2, -0.15) is 0 Å². The second-order valence-corrected chi connectivity index (χ2v) is 6.94. The molecule has 120 valence electrons. The fourth-order valence-corrected chi connectivity index (χ4v) is 3.40. The molecule has 2 aromatic rings. The van der Waals surface area contributed by atoms with Crippen molar-refractivity contribution in [3.63, 3.8) is 0 Å². The molecule has 1 aromatic carbocycles. The van der Waals surface area contributed by atoms with E-state index in [2.05, 4.69) is 17.6 Å². The highest BCUT2D eigenvalue weighted by Gasteiger charge is 2.28. The smallest absolute Gasteiger partial charge is 0.252 e. The van der Waals surface area contributed by atoms with E-state index < -0.39 is 0 Å². The van der Waals surface area contributed by atoms with Crippen molar-refractivity contribution in [2.45, 2.75) is 38.1 Å². The minimum atomic E-state index is 0.0334. The maximum Gasteiger partial charge on any atom is 0.252 e. The molecule has 0 radical (unpaired) electrons. The standard InChI is InChI=1S/C19H23N3O/c1-12-8-9-20-11-18(12)22-19(23)15-10-17(13-6-7-13)21-16-5-3-2-4-14(15)16/h2-5,10,12-13,18,20H,6-9,11H2,1H3,(H,22,23). The summed E-state index contributed by atoms with van der Waals surface area (Å²) in [4.78, 5) is 17.7. The molecule has 0 bridgehead atoms. The molecule has 23 heavy (non-hydrogen) atoms. The van der Waals surface area contributed by atoms with E-state index in [1.54, 1.807) is 0 Å². The first kappa shape index (κ1) is 14.6. The summed E-state index contributed by atoms with van der Waals surface area (Å²) in [7, 11) is 0. The summed E-state index contributed by atoms with van der Waals surface area (Å²) in [6.45, 7) is 4.11. The number of pyridine rings is 1. The summed E-state index contributed by atoms with van der Waals surface area (Å²) in [6.07, 6.45) is 3.49. The fourth-order valence-electron chi connectivity index (χ4n) is 3.40.